The summed E-state index contributed by atoms with van der Waals surface area (Å²) in [6.45, 7) is -1.39. The smallest absolute Gasteiger partial charge is 0.420 e. The molecule has 0 aromatic heterocycles. The van der Waals surface area contributed by atoms with Crippen LogP contribution in [-0.4, -0.2) is 12.2 Å². The van der Waals surface area contributed by atoms with E-state index in [9.17, 15) is 26.3 Å². The fraction of sp³-hybridized carbons (Fsp3) is 0.400. The van der Waals surface area contributed by atoms with Crippen LogP contribution in [0.2, 0.25) is 0 Å². The number of benzene rings is 1. The molecular weight excluding hydrogens is 266 g/mol. The zero-order valence-electron chi connectivity index (χ0n) is 8.99. The Morgan fingerprint density at radius 3 is 1.94 bits per heavy atom. The maximum Gasteiger partial charge on any atom is 0.420 e. The van der Waals surface area contributed by atoms with E-state index in [0.717, 1.165) is 7.11 Å². The third kappa shape index (κ3) is 2.69. The molecule has 0 aliphatic heterocycles. The lowest BCUT2D eigenvalue weighted by atomic mass is 9.99. The third-order valence-corrected chi connectivity index (χ3v) is 2.24. The van der Waals surface area contributed by atoms with Crippen LogP contribution in [0.5, 0.6) is 5.75 Å². The molecule has 0 radical (unpaired) electrons. The topological polar surface area (TPSA) is 29.5 Å². The van der Waals surface area contributed by atoms with Gasteiger partial charge in [-0.1, -0.05) is 0 Å². The molecule has 0 heterocycles. The summed E-state index contributed by atoms with van der Waals surface area (Å²) < 4.78 is 80.0. The van der Waals surface area contributed by atoms with Gasteiger partial charge in [-0.05, 0) is 12.1 Å². The van der Waals surface area contributed by atoms with E-state index in [1.807, 2.05) is 0 Å². The summed E-state index contributed by atoms with van der Waals surface area (Å²) in [5.74, 6) is -0.764. The average Bonchev–Trinajstić information content (AvgIpc) is 2.24. The molecule has 1 aromatic rings. The number of hydrogen-bond acceptors (Lipinski definition) is 2. The summed E-state index contributed by atoms with van der Waals surface area (Å²) in [6.07, 6.45) is -10.0. The van der Waals surface area contributed by atoms with Gasteiger partial charge in [0, 0.05) is 5.56 Å². The summed E-state index contributed by atoms with van der Waals surface area (Å²) in [5.41, 5.74) is -4.38. The molecule has 1 aromatic carbocycles. The fourth-order valence-corrected chi connectivity index (χ4v) is 1.54. The van der Waals surface area contributed by atoms with Gasteiger partial charge in [-0.3, -0.25) is 0 Å². The van der Waals surface area contributed by atoms with Crippen molar-refractivity contribution in [1.82, 2.24) is 0 Å². The zero-order chi connectivity index (χ0) is 14.1. The van der Waals surface area contributed by atoms with Gasteiger partial charge in [0.1, 0.15) is 11.3 Å². The Hall–Kier alpha value is -1.44. The lowest BCUT2D eigenvalue weighted by molar-refractivity contribution is -0.145. The van der Waals surface area contributed by atoms with E-state index in [-0.39, 0.29) is 0 Å². The predicted octanol–water partition coefficient (Wildman–Crippen LogP) is 3.23. The molecule has 0 amide bonds. The van der Waals surface area contributed by atoms with E-state index in [2.05, 4.69) is 4.74 Å². The normalized spacial score (nSPS) is 12.7. The van der Waals surface area contributed by atoms with Crippen LogP contribution in [-0.2, 0) is 19.0 Å². The molecule has 18 heavy (non-hydrogen) atoms. The number of methoxy groups -OCH3 is 1. The van der Waals surface area contributed by atoms with Gasteiger partial charge in [-0.25, -0.2) is 0 Å². The van der Waals surface area contributed by atoms with Crippen LogP contribution in [0.3, 0.4) is 0 Å². The molecule has 0 saturated carbocycles. The molecule has 0 fully saturated rings. The first-order chi connectivity index (χ1) is 8.12. The monoisotopic (exact) mass is 274 g/mol. The summed E-state index contributed by atoms with van der Waals surface area (Å²) in [4.78, 5) is 0. The van der Waals surface area contributed by atoms with Gasteiger partial charge in [0.05, 0.1) is 19.3 Å². The van der Waals surface area contributed by atoms with Crippen molar-refractivity contribution in [3.63, 3.8) is 0 Å². The lowest BCUT2D eigenvalue weighted by Gasteiger charge is -2.19. The van der Waals surface area contributed by atoms with Gasteiger partial charge < -0.3 is 9.84 Å². The highest BCUT2D eigenvalue weighted by Crippen LogP contribution is 2.43. The first-order valence-corrected chi connectivity index (χ1v) is 4.58. The number of aliphatic hydroxyl groups is 1. The van der Waals surface area contributed by atoms with Gasteiger partial charge in [0.2, 0.25) is 0 Å². The summed E-state index contributed by atoms with van der Waals surface area (Å²) in [6, 6.07) is 1.02. The number of alkyl halides is 6. The largest absolute Gasteiger partial charge is 0.496 e. The maximum absolute atomic E-state index is 12.7. The molecule has 102 valence electrons. The highest BCUT2D eigenvalue weighted by atomic mass is 19.4. The first-order valence-electron chi connectivity index (χ1n) is 4.58. The van der Waals surface area contributed by atoms with Crippen molar-refractivity contribution < 1.29 is 36.2 Å². The van der Waals surface area contributed by atoms with Gasteiger partial charge >= 0.3 is 12.4 Å². The van der Waals surface area contributed by atoms with Crippen molar-refractivity contribution in [1.29, 1.82) is 0 Å². The molecule has 0 atom stereocenters. The highest BCUT2D eigenvalue weighted by molar-refractivity contribution is 5.47. The van der Waals surface area contributed by atoms with Gasteiger partial charge in [0.15, 0.2) is 0 Å². The molecule has 1 N–H and O–H groups in total. The molecule has 0 unspecified atom stereocenters. The SMILES string of the molecule is COc1ccc(C(F)(F)F)c(CO)c1C(F)(F)F. The van der Waals surface area contributed by atoms with Crippen molar-refractivity contribution >= 4 is 0 Å². The Balaban J connectivity index is 3.64. The average molecular weight is 274 g/mol. The summed E-state index contributed by atoms with van der Waals surface area (Å²) in [7, 11) is 0.902. The molecule has 0 bridgehead atoms. The lowest BCUT2D eigenvalue weighted by Crippen LogP contribution is -2.17. The van der Waals surface area contributed by atoms with E-state index in [4.69, 9.17) is 5.11 Å². The first kappa shape index (κ1) is 14.6. The minimum Gasteiger partial charge on any atom is -0.496 e. The molecule has 0 saturated heterocycles. The Kier molecular flexibility index (Phi) is 3.80. The van der Waals surface area contributed by atoms with E-state index < -0.39 is 41.4 Å². The number of aliphatic hydroxyl groups excluding tert-OH is 1. The molecular formula is C10H8F6O2. The van der Waals surface area contributed by atoms with Crippen LogP contribution < -0.4 is 4.74 Å². The minimum absolute atomic E-state index is 0.444. The van der Waals surface area contributed by atoms with Gasteiger partial charge in [-0.15, -0.1) is 0 Å². The van der Waals surface area contributed by atoms with Crippen molar-refractivity contribution in [3.05, 3.63) is 28.8 Å². The van der Waals surface area contributed by atoms with E-state index in [1.54, 1.807) is 0 Å². The van der Waals surface area contributed by atoms with Crippen LogP contribution >= 0.6 is 0 Å². The van der Waals surface area contributed by atoms with E-state index >= 15 is 0 Å². The number of rotatable bonds is 2. The van der Waals surface area contributed by atoms with Crippen molar-refractivity contribution in [2.75, 3.05) is 7.11 Å². The second kappa shape index (κ2) is 4.68. The van der Waals surface area contributed by atoms with Gasteiger partial charge in [0.25, 0.3) is 0 Å². The van der Waals surface area contributed by atoms with Crippen LogP contribution in [0.1, 0.15) is 16.7 Å². The predicted molar refractivity (Wildman–Crippen MR) is 48.9 cm³/mol. The molecule has 0 aliphatic rings. The number of halogens is 6. The summed E-state index contributed by atoms with van der Waals surface area (Å²) in [5, 5.41) is 8.79. The zero-order valence-corrected chi connectivity index (χ0v) is 8.99. The number of ether oxygens (including phenoxy) is 1. The molecule has 8 heteroatoms. The third-order valence-electron chi connectivity index (χ3n) is 2.24. The Morgan fingerprint density at radius 2 is 1.61 bits per heavy atom. The van der Waals surface area contributed by atoms with Crippen molar-refractivity contribution in [2.24, 2.45) is 0 Å². The molecule has 0 spiro atoms. The second-order valence-corrected chi connectivity index (χ2v) is 3.32. The van der Waals surface area contributed by atoms with Crippen LogP contribution in [0.15, 0.2) is 12.1 Å². The quantitative estimate of drug-likeness (QED) is 0.839. The summed E-state index contributed by atoms with van der Waals surface area (Å²) >= 11 is 0. The van der Waals surface area contributed by atoms with Crippen LogP contribution in [0.25, 0.3) is 0 Å². The van der Waals surface area contributed by atoms with Crippen molar-refractivity contribution in [3.8, 4) is 5.75 Å². The fourth-order valence-electron chi connectivity index (χ4n) is 1.54. The van der Waals surface area contributed by atoms with Crippen molar-refractivity contribution in [2.45, 2.75) is 19.0 Å². The van der Waals surface area contributed by atoms with Crippen LogP contribution in [0, 0.1) is 0 Å². The molecule has 2 nitrogen and oxygen atoms in total. The van der Waals surface area contributed by atoms with Crippen LogP contribution in [0.4, 0.5) is 26.3 Å². The second-order valence-electron chi connectivity index (χ2n) is 3.32. The molecule has 1 rings (SSSR count). The Bertz CT molecular complexity index is 435. The molecule has 0 aliphatic carbocycles. The minimum atomic E-state index is -5.05. The van der Waals surface area contributed by atoms with E-state index in [0.29, 0.717) is 12.1 Å². The maximum atomic E-state index is 12.7. The number of hydrogen-bond donors (Lipinski definition) is 1. The Labute approximate surface area is 97.8 Å². The van der Waals surface area contributed by atoms with E-state index in [1.165, 1.54) is 0 Å². The Morgan fingerprint density at radius 1 is 1.06 bits per heavy atom. The van der Waals surface area contributed by atoms with Gasteiger partial charge in [-0.2, -0.15) is 26.3 Å². The standard InChI is InChI=1S/C10H8F6O2/c1-18-7-3-2-6(9(11,12)13)5(4-17)8(7)10(14,15)16/h2-3,17H,4H2,1H3. The highest BCUT2D eigenvalue weighted by Gasteiger charge is 2.42.